The first-order valence-corrected chi connectivity index (χ1v) is 7.79. The van der Waals surface area contributed by atoms with Crippen LogP contribution in [0.25, 0.3) is 11.4 Å². The van der Waals surface area contributed by atoms with Crippen molar-refractivity contribution < 1.29 is 14.4 Å². The summed E-state index contributed by atoms with van der Waals surface area (Å²) in [5.74, 6) is 0.951. The van der Waals surface area contributed by atoms with Gasteiger partial charge in [-0.15, -0.1) is 0 Å². The lowest BCUT2D eigenvalue weighted by atomic mass is 10.1. The molecule has 3 aromatic rings. The van der Waals surface area contributed by atoms with Crippen LogP contribution in [0.15, 0.2) is 53.1 Å². The average Bonchev–Trinajstić information content (AvgIpc) is 3.07. The highest BCUT2D eigenvalue weighted by Gasteiger charge is 2.08. The molecule has 7 nitrogen and oxygen atoms in total. The molecule has 0 fully saturated rings. The number of aliphatic hydroxyl groups excluding tert-OH is 1. The van der Waals surface area contributed by atoms with E-state index < -0.39 is 0 Å². The Bertz CT molecular complexity index is 876. The first-order chi connectivity index (χ1) is 12.2. The largest absolute Gasteiger partial charge is 0.392 e. The second-order valence-corrected chi connectivity index (χ2v) is 5.45. The molecule has 3 rings (SSSR count). The number of benzene rings is 2. The molecule has 0 saturated carbocycles. The molecule has 2 aromatic carbocycles. The zero-order chi connectivity index (χ0) is 17.6. The molecule has 3 N–H and O–H groups in total. The van der Waals surface area contributed by atoms with Gasteiger partial charge in [0.25, 0.3) is 0 Å². The molecule has 25 heavy (non-hydrogen) atoms. The number of amides is 2. The number of aryl methyl sites for hydroxylation is 1. The highest BCUT2D eigenvalue weighted by atomic mass is 16.5. The smallest absolute Gasteiger partial charge is 0.319 e. The van der Waals surface area contributed by atoms with Gasteiger partial charge in [-0.25, -0.2) is 4.79 Å². The standard InChI is InChI=1S/C18H18N4O3/c1-12-20-17(22-25-12)13-7-4-8-16(9-13)21-18(24)19-10-14-5-2-3-6-15(14)11-23/h2-9,23H,10-11H2,1H3,(H2,19,21,24). The van der Waals surface area contributed by atoms with Crippen LogP contribution in [0.2, 0.25) is 0 Å². The lowest BCUT2D eigenvalue weighted by Crippen LogP contribution is -2.28. The van der Waals surface area contributed by atoms with Crippen LogP contribution in [0.5, 0.6) is 0 Å². The highest BCUT2D eigenvalue weighted by molar-refractivity contribution is 5.89. The van der Waals surface area contributed by atoms with Crippen LogP contribution in [0, 0.1) is 6.92 Å². The third kappa shape index (κ3) is 4.21. The van der Waals surface area contributed by atoms with Gasteiger partial charge in [-0.2, -0.15) is 4.98 Å². The first kappa shape index (κ1) is 16.7. The Morgan fingerprint density at radius 3 is 2.68 bits per heavy atom. The predicted octanol–water partition coefficient (Wildman–Crippen LogP) is 2.86. The van der Waals surface area contributed by atoms with E-state index in [9.17, 15) is 9.90 Å². The molecule has 2 amide bonds. The van der Waals surface area contributed by atoms with E-state index in [1.54, 1.807) is 25.1 Å². The number of urea groups is 1. The van der Waals surface area contributed by atoms with Crippen molar-refractivity contribution >= 4 is 11.7 Å². The van der Waals surface area contributed by atoms with E-state index >= 15 is 0 Å². The van der Waals surface area contributed by atoms with Gasteiger partial charge in [0.1, 0.15) is 0 Å². The van der Waals surface area contributed by atoms with Gasteiger partial charge in [0.2, 0.25) is 11.7 Å². The van der Waals surface area contributed by atoms with Gasteiger partial charge in [-0.1, -0.05) is 41.6 Å². The minimum atomic E-state index is -0.339. The predicted molar refractivity (Wildman–Crippen MR) is 92.7 cm³/mol. The van der Waals surface area contributed by atoms with Crippen molar-refractivity contribution in [3.8, 4) is 11.4 Å². The monoisotopic (exact) mass is 338 g/mol. The average molecular weight is 338 g/mol. The molecule has 0 atom stereocenters. The minimum Gasteiger partial charge on any atom is -0.392 e. The number of aliphatic hydroxyl groups is 1. The normalized spacial score (nSPS) is 10.5. The zero-order valence-electron chi connectivity index (χ0n) is 13.7. The van der Waals surface area contributed by atoms with E-state index in [-0.39, 0.29) is 12.6 Å². The van der Waals surface area contributed by atoms with Crippen LogP contribution >= 0.6 is 0 Å². The topological polar surface area (TPSA) is 100 Å². The van der Waals surface area contributed by atoms with Crippen molar-refractivity contribution in [3.05, 3.63) is 65.5 Å². The summed E-state index contributed by atoms with van der Waals surface area (Å²) in [6, 6.07) is 14.3. The second kappa shape index (κ2) is 7.59. The number of anilines is 1. The van der Waals surface area contributed by atoms with E-state index in [0.29, 0.717) is 23.9 Å². The maximum absolute atomic E-state index is 12.1. The fourth-order valence-electron chi connectivity index (χ4n) is 2.39. The van der Waals surface area contributed by atoms with Crippen molar-refractivity contribution in [3.63, 3.8) is 0 Å². The van der Waals surface area contributed by atoms with Gasteiger partial charge >= 0.3 is 6.03 Å². The molecular formula is C18H18N4O3. The molecule has 128 valence electrons. The fraction of sp³-hybridized carbons (Fsp3) is 0.167. The lowest BCUT2D eigenvalue weighted by Gasteiger charge is -2.10. The van der Waals surface area contributed by atoms with Crippen LogP contribution in [0.4, 0.5) is 10.5 Å². The maximum atomic E-state index is 12.1. The molecule has 0 spiro atoms. The molecule has 0 bridgehead atoms. The quantitative estimate of drug-likeness (QED) is 0.664. The summed E-state index contributed by atoms with van der Waals surface area (Å²) in [7, 11) is 0. The van der Waals surface area contributed by atoms with Gasteiger partial charge in [0.15, 0.2) is 0 Å². The number of nitrogens with zero attached hydrogens (tertiary/aromatic N) is 2. The van der Waals surface area contributed by atoms with Gasteiger partial charge in [0, 0.05) is 24.7 Å². The Kier molecular flexibility index (Phi) is 5.06. The number of nitrogens with one attached hydrogen (secondary N) is 2. The first-order valence-electron chi connectivity index (χ1n) is 7.79. The van der Waals surface area contributed by atoms with Gasteiger partial charge in [-0.3, -0.25) is 0 Å². The number of carbonyl (C=O) groups is 1. The number of carbonyl (C=O) groups excluding carboxylic acids is 1. The summed E-state index contributed by atoms with van der Waals surface area (Å²) in [5.41, 5.74) is 3.03. The summed E-state index contributed by atoms with van der Waals surface area (Å²) in [5, 5.41) is 18.7. The fourth-order valence-corrected chi connectivity index (χ4v) is 2.39. The van der Waals surface area contributed by atoms with Crippen molar-refractivity contribution in [2.75, 3.05) is 5.32 Å². The van der Waals surface area contributed by atoms with E-state index in [1.165, 1.54) is 0 Å². The van der Waals surface area contributed by atoms with Crippen LogP contribution in [0.3, 0.4) is 0 Å². The Balaban J connectivity index is 1.63. The van der Waals surface area contributed by atoms with Crippen LogP contribution in [-0.4, -0.2) is 21.3 Å². The molecule has 0 aliphatic heterocycles. The third-order valence-electron chi connectivity index (χ3n) is 3.63. The molecule has 0 aliphatic rings. The van der Waals surface area contributed by atoms with Crippen molar-refractivity contribution in [2.24, 2.45) is 0 Å². The Morgan fingerprint density at radius 2 is 1.96 bits per heavy atom. The van der Waals surface area contributed by atoms with Gasteiger partial charge in [-0.05, 0) is 23.3 Å². The molecule has 1 heterocycles. The van der Waals surface area contributed by atoms with Crippen molar-refractivity contribution in [2.45, 2.75) is 20.1 Å². The Morgan fingerprint density at radius 1 is 1.16 bits per heavy atom. The number of hydrogen-bond donors (Lipinski definition) is 3. The zero-order valence-corrected chi connectivity index (χ0v) is 13.7. The van der Waals surface area contributed by atoms with Gasteiger partial charge in [0.05, 0.1) is 6.61 Å². The lowest BCUT2D eigenvalue weighted by molar-refractivity contribution is 0.251. The number of rotatable bonds is 5. The van der Waals surface area contributed by atoms with E-state index in [1.807, 2.05) is 30.3 Å². The summed E-state index contributed by atoms with van der Waals surface area (Å²) >= 11 is 0. The SMILES string of the molecule is Cc1nc(-c2cccc(NC(=O)NCc3ccccc3CO)c2)no1. The van der Waals surface area contributed by atoms with E-state index in [4.69, 9.17) is 4.52 Å². The summed E-state index contributed by atoms with van der Waals surface area (Å²) in [6.07, 6.45) is 0. The maximum Gasteiger partial charge on any atom is 0.319 e. The van der Waals surface area contributed by atoms with Crippen molar-refractivity contribution in [1.29, 1.82) is 0 Å². The van der Waals surface area contributed by atoms with Gasteiger partial charge < -0.3 is 20.3 Å². The van der Waals surface area contributed by atoms with Crippen LogP contribution in [-0.2, 0) is 13.2 Å². The summed E-state index contributed by atoms with van der Waals surface area (Å²) in [6.45, 7) is 1.98. The highest BCUT2D eigenvalue weighted by Crippen LogP contribution is 2.20. The molecule has 0 radical (unpaired) electrons. The third-order valence-corrected chi connectivity index (χ3v) is 3.63. The molecule has 0 unspecified atom stereocenters. The molecule has 7 heteroatoms. The second-order valence-electron chi connectivity index (χ2n) is 5.45. The van der Waals surface area contributed by atoms with E-state index in [0.717, 1.165) is 16.7 Å². The number of hydrogen-bond acceptors (Lipinski definition) is 5. The minimum absolute atomic E-state index is 0.0639. The summed E-state index contributed by atoms with van der Waals surface area (Å²) in [4.78, 5) is 16.3. The molecule has 1 aromatic heterocycles. The number of aromatic nitrogens is 2. The Hall–Kier alpha value is -3.19. The van der Waals surface area contributed by atoms with Crippen LogP contribution in [0.1, 0.15) is 17.0 Å². The molecular weight excluding hydrogens is 320 g/mol. The van der Waals surface area contributed by atoms with Crippen molar-refractivity contribution in [1.82, 2.24) is 15.5 Å². The molecule has 0 aliphatic carbocycles. The molecule has 0 saturated heterocycles. The van der Waals surface area contributed by atoms with E-state index in [2.05, 4.69) is 20.8 Å². The Labute approximate surface area is 144 Å². The van der Waals surface area contributed by atoms with Crippen LogP contribution < -0.4 is 10.6 Å². The summed E-state index contributed by atoms with van der Waals surface area (Å²) < 4.78 is 4.97.